The fraction of sp³-hybridized carbons (Fsp3) is 0.211. The van der Waals surface area contributed by atoms with E-state index in [0.717, 1.165) is 16.0 Å². The summed E-state index contributed by atoms with van der Waals surface area (Å²) in [6.07, 6.45) is 0.166. The van der Waals surface area contributed by atoms with Crippen LogP contribution in [0, 0.1) is 0 Å². The molecule has 0 spiro atoms. The van der Waals surface area contributed by atoms with Gasteiger partial charge in [-0.2, -0.15) is 0 Å². The third-order valence-corrected chi connectivity index (χ3v) is 5.15. The molecule has 1 N–H and O–H groups in total. The maximum Gasteiger partial charge on any atom is 0.265 e. The number of hydrogen-bond acceptors (Lipinski definition) is 6. The molecule has 0 saturated carbocycles. The van der Waals surface area contributed by atoms with E-state index in [9.17, 15) is 9.59 Å². The van der Waals surface area contributed by atoms with Crippen LogP contribution in [-0.2, 0) is 9.59 Å². The molecule has 7 nitrogen and oxygen atoms in total. The van der Waals surface area contributed by atoms with Gasteiger partial charge in [-0.1, -0.05) is 23.5 Å². The Balaban J connectivity index is 1.42. The van der Waals surface area contributed by atoms with E-state index in [1.807, 2.05) is 42.5 Å². The molecule has 0 fully saturated rings. The first-order valence-electron chi connectivity index (χ1n) is 8.40. The maximum atomic E-state index is 12.3. The van der Waals surface area contributed by atoms with E-state index in [-0.39, 0.29) is 31.4 Å². The van der Waals surface area contributed by atoms with Gasteiger partial charge in [0.05, 0.1) is 23.0 Å². The normalized spacial score (nSPS) is 13.2. The maximum absolute atomic E-state index is 12.3. The number of anilines is 2. The average molecular weight is 383 g/mol. The van der Waals surface area contributed by atoms with E-state index in [1.54, 1.807) is 12.0 Å². The smallest absolute Gasteiger partial charge is 0.265 e. The number of hydrogen-bond donors (Lipinski definition) is 1. The summed E-state index contributed by atoms with van der Waals surface area (Å²) < 4.78 is 11.5. The van der Waals surface area contributed by atoms with Gasteiger partial charge in [0.25, 0.3) is 5.91 Å². The molecule has 4 rings (SSSR count). The molecule has 3 aromatic rings. The van der Waals surface area contributed by atoms with E-state index in [2.05, 4.69) is 10.3 Å². The lowest BCUT2D eigenvalue weighted by Gasteiger charge is -2.29. The zero-order valence-corrected chi connectivity index (χ0v) is 15.4. The second kappa shape index (κ2) is 7.24. The molecule has 27 heavy (non-hydrogen) atoms. The van der Waals surface area contributed by atoms with E-state index >= 15 is 0 Å². The van der Waals surface area contributed by atoms with Crippen LogP contribution in [-0.4, -0.2) is 37.1 Å². The number of para-hydroxylation sites is 2. The minimum Gasteiger partial charge on any atom is -0.497 e. The number of methoxy groups -OCH3 is 1. The van der Waals surface area contributed by atoms with E-state index in [4.69, 9.17) is 9.47 Å². The molecule has 0 bridgehead atoms. The van der Waals surface area contributed by atoms with Crippen LogP contribution in [0.2, 0.25) is 0 Å². The standard InChI is InChI=1S/C19H17N3O4S/c1-25-12-6-7-13-16(10-12)27-19(20-13)21-17(23)8-9-22-14-4-2-3-5-15(14)26-11-18(22)24/h2-7,10H,8-9,11H2,1H3,(H,20,21,23). The molecule has 0 atom stereocenters. The number of amides is 2. The van der Waals surface area contributed by atoms with Gasteiger partial charge in [0, 0.05) is 13.0 Å². The van der Waals surface area contributed by atoms with Crippen LogP contribution in [0.5, 0.6) is 11.5 Å². The first-order valence-corrected chi connectivity index (χ1v) is 9.22. The quantitative estimate of drug-likeness (QED) is 0.732. The van der Waals surface area contributed by atoms with Crippen molar-refractivity contribution in [2.45, 2.75) is 6.42 Å². The summed E-state index contributed by atoms with van der Waals surface area (Å²) in [6.45, 7) is 0.266. The van der Waals surface area contributed by atoms with Crippen molar-refractivity contribution < 1.29 is 19.1 Å². The SMILES string of the molecule is COc1ccc2nc(NC(=O)CCN3C(=O)COc4ccccc43)sc2c1. The van der Waals surface area contributed by atoms with Gasteiger partial charge in [0.2, 0.25) is 5.91 Å². The number of thiazole rings is 1. The minimum absolute atomic E-state index is 0.0155. The first kappa shape index (κ1) is 17.3. The highest BCUT2D eigenvalue weighted by atomic mass is 32.1. The van der Waals surface area contributed by atoms with E-state index in [1.165, 1.54) is 11.3 Å². The topological polar surface area (TPSA) is 80.8 Å². The first-order chi connectivity index (χ1) is 13.1. The largest absolute Gasteiger partial charge is 0.497 e. The van der Waals surface area contributed by atoms with Crippen molar-refractivity contribution in [1.29, 1.82) is 0 Å². The monoisotopic (exact) mass is 383 g/mol. The zero-order chi connectivity index (χ0) is 18.8. The van der Waals surface area contributed by atoms with Gasteiger partial charge in [-0.15, -0.1) is 0 Å². The number of aromatic nitrogens is 1. The Hall–Kier alpha value is -3.13. The molecule has 1 aromatic heterocycles. The molecule has 2 heterocycles. The Kier molecular flexibility index (Phi) is 4.64. The lowest BCUT2D eigenvalue weighted by Crippen LogP contribution is -2.40. The van der Waals surface area contributed by atoms with Crippen molar-refractivity contribution >= 4 is 44.2 Å². The van der Waals surface area contributed by atoms with Crippen molar-refractivity contribution in [3.8, 4) is 11.5 Å². The van der Waals surface area contributed by atoms with Crippen molar-refractivity contribution in [2.24, 2.45) is 0 Å². The molecule has 0 unspecified atom stereocenters. The fourth-order valence-corrected chi connectivity index (χ4v) is 3.79. The molecule has 0 aliphatic carbocycles. The highest BCUT2D eigenvalue weighted by Crippen LogP contribution is 2.32. The van der Waals surface area contributed by atoms with Crippen LogP contribution in [0.4, 0.5) is 10.8 Å². The summed E-state index contributed by atoms with van der Waals surface area (Å²) in [6, 6.07) is 12.9. The number of benzene rings is 2. The second-order valence-corrected chi connectivity index (χ2v) is 6.98. The number of carbonyl (C=O) groups excluding carboxylic acids is 2. The van der Waals surface area contributed by atoms with Crippen LogP contribution >= 0.6 is 11.3 Å². The third-order valence-electron chi connectivity index (χ3n) is 4.21. The van der Waals surface area contributed by atoms with Gasteiger partial charge in [-0.05, 0) is 30.3 Å². The second-order valence-electron chi connectivity index (χ2n) is 5.95. The van der Waals surface area contributed by atoms with Crippen molar-refractivity contribution in [2.75, 3.05) is 30.5 Å². The molecule has 1 aliphatic rings. The number of rotatable bonds is 5. The highest BCUT2D eigenvalue weighted by Gasteiger charge is 2.25. The Morgan fingerprint density at radius 1 is 1.33 bits per heavy atom. The fourth-order valence-electron chi connectivity index (χ4n) is 2.88. The van der Waals surface area contributed by atoms with Gasteiger partial charge in [-0.3, -0.25) is 9.59 Å². The van der Waals surface area contributed by atoms with Crippen LogP contribution in [0.3, 0.4) is 0 Å². The number of nitrogens with one attached hydrogen (secondary N) is 1. The van der Waals surface area contributed by atoms with Gasteiger partial charge in [0.1, 0.15) is 11.5 Å². The molecular weight excluding hydrogens is 366 g/mol. The summed E-state index contributed by atoms with van der Waals surface area (Å²) in [5.74, 6) is 1.04. The van der Waals surface area contributed by atoms with Crippen LogP contribution in [0.1, 0.15) is 6.42 Å². The summed E-state index contributed by atoms with van der Waals surface area (Å²) >= 11 is 1.38. The van der Waals surface area contributed by atoms with Crippen molar-refractivity contribution in [1.82, 2.24) is 4.98 Å². The molecular formula is C19H17N3O4S. The lowest BCUT2D eigenvalue weighted by molar-refractivity contribution is -0.121. The predicted molar refractivity (Wildman–Crippen MR) is 104 cm³/mol. The summed E-state index contributed by atoms with van der Waals surface area (Å²) in [4.78, 5) is 30.5. The van der Waals surface area contributed by atoms with Crippen molar-refractivity contribution in [3.63, 3.8) is 0 Å². The molecule has 2 aromatic carbocycles. The molecule has 0 saturated heterocycles. The van der Waals surface area contributed by atoms with Crippen LogP contribution in [0.15, 0.2) is 42.5 Å². The Morgan fingerprint density at radius 3 is 3.04 bits per heavy atom. The number of carbonyl (C=O) groups is 2. The van der Waals surface area contributed by atoms with Crippen LogP contribution in [0.25, 0.3) is 10.2 Å². The van der Waals surface area contributed by atoms with E-state index in [0.29, 0.717) is 16.6 Å². The van der Waals surface area contributed by atoms with E-state index < -0.39 is 0 Å². The number of ether oxygens (including phenoxy) is 2. The molecule has 138 valence electrons. The van der Waals surface area contributed by atoms with Gasteiger partial charge in [0.15, 0.2) is 11.7 Å². The predicted octanol–water partition coefficient (Wildman–Crippen LogP) is 3.06. The Labute approximate surface area is 159 Å². The highest BCUT2D eigenvalue weighted by molar-refractivity contribution is 7.22. The van der Waals surface area contributed by atoms with Gasteiger partial charge < -0.3 is 19.7 Å². The number of fused-ring (bicyclic) bond motifs is 2. The molecule has 1 aliphatic heterocycles. The third kappa shape index (κ3) is 3.56. The summed E-state index contributed by atoms with van der Waals surface area (Å²) in [5.41, 5.74) is 1.49. The van der Waals surface area contributed by atoms with Crippen LogP contribution < -0.4 is 19.7 Å². The molecule has 0 radical (unpaired) electrons. The number of nitrogens with zero attached hydrogens (tertiary/aromatic N) is 2. The van der Waals surface area contributed by atoms with Crippen molar-refractivity contribution in [3.05, 3.63) is 42.5 Å². The summed E-state index contributed by atoms with van der Waals surface area (Å²) in [7, 11) is 1.61. The minimum atomic E-state index is -0.196. The summed E-state index contributed by atoms with van der Waals surface area (Å²) in [5, 5.41) is 3.33. The lowest BCUT2D eigenvalue weighted by atomic mass is 10.2. The Bertz CT molecular complexity index is 1020. The Morgan fingerprint density at radius 2 is 2.19 bits per heavy atom. The van der Waals surface area contributed by atoms with Gasteiger partial charge in [-0.25, -0.2) is 4.98 Å². The average Bonchev–Trinajstić information content (AvgIpc) is 3.08. The zero-order valence-electron chi connectivity index (χ0n) is 14.6. The van der Waals surface area contributed by atoms with Gasteiger partial charge >= 0.3 is 0 Å². The molecule has 2 amide bonds. The molecule has 8 heteroatoms.